The molecule has 0 atom stereocenters. The van der Waals surface area contributed by atoms with Crippen molar-refractivity contribution in [3.63, 3.8) is 0 Å². The van der Waals surface area contributed by atoms with E-state index in [9.17, 15) is 4.79 Å². The van der Waals surface area contributed by atoms with Crippen molar-refractivity contribution in [1.29, 1.82) is 0 Å². The van der Waals surface area contributed by atoms with Gasteiger partial charge < -0.3 is 15.0 Å². The fraction of sp³-hybridized carbons (Fsp3) is 0.222. The first-order valence-electron chi connectivity index (χ1n) is 7.55. The largest absolute Gasteiger partial charge is 0.497 e. The van der Waals surface area contributed by atoms with Gasteiger partial charge in [-0.2, -0.15) is 0 Å². The Hall–Kier alpha value is -2.60. The first-order valence-corrected chi connectivity index (χ1v) is 8.43. The lowest BCUT2D eigenvalue weighted by atomic mass is 10.2. The molecule has 3 aromatic rings. The summed E-state index contributed by atoms with van der Waals surface area (Å²) >= 11 is 1.59. The number of aryl methyl sites for hydroxylation is 1. The Balaban J connectivity index is 2.05. The highest BCUT2D eigenvalue weighted by Crippen LogP contribution is 2.28. The number of carbonyl (C=O) groups is 1. The van der Waals surface area contributed by atoms with Crippen LogP contribution >= 0.6 is 11.3 Å². The smallest absolute Gasteiger partial charge is 0.250 e. The Morgan fingerprint density at radius 3 is 2.54 bits per heavy atom. The molecule has 0 saturated heterocycles. The minimum absolute atomic E-state index is 0.422. The molecular formula is C18H19N3O2S. The average molecular weight is 341 g/mol. The van der Waals surface area contributed by atoms with Gasteiger partial charge in [0.25, 0.3) is 5.91 Å². The number of aromatic nitrogens is 2. The topological polar surface area (TPSA) is 70.1 Å². The molecule has 0 aliphatic carbocycles. The number of methoxy groups -OCH3 is 1. The number of benzene rings is 1. The van der Waals surface area contributed by atoms with Gasteiger partial charge in [-0.15, -0.1) is 11.3 Å². The van der Waals surface area contributed by atoms with Crippen LogP contribution in [0.25, 0.3) is 11.4 Å². The molecule has 6 heteroatoms. The van der Waals surface area contributed by atoms with Crippen LogP contribution in [0.15, 0.2) is 35.7 Å². The monoisotopic (exact) mass is 341 g/mol. The Kier molecular flexibility index (Phi) is 4.40. The summed E-state index contributed by atoms with van der Waals surface area (Å²) in [5, 5.41) is 2.99. The second kappa shape index (κ2) is 6.49. The van der Waals surface area contributed by atoms with Gasteiger partial charge in [-0.05, 0) is 37.6 Å². The SMILES string of the molecule is COc1ccc(Cn2c(-c3csc(C)n3)cc(C(N)=O)c2C)cc1. The fourth-order valence-corrected chi connectivity index (χ4v) is 3.31. The van der Waals surface area contributed by atoms with Gasteiger partial charge in [-0.3, -0.25) is 4.79 Å². The summed E-state index contributed by atoms with van der Waals surface area (Å²) in [6, 6.07) is 9.71. The molecule has 2 aromatic heterocycles. The normalized spacial score (nSPS) is 10.8. The molecule has 0 unspecified atom stereocenters. The van der Waals surface area contributed by atoms with E-state index in [0.29, 0.717) is 12.1 Å². The Bertz CT molecular complexity index is 878. The second-order valence-electron chi connectivity index (χ2n) is 5.58. The van der Waals surface area contributed by atoms with E-state index >= 15 is 0 Å². The predicted molar refractivity (Wildman–Crippen MR) is 95.6 cm³/mol. The maximum absolute atomic E-state index is 11.7. The summed E-state index contributed by atoms with van der Waals surface area (Å²) < 4.78 is 7.28. The molecule has 0 bridgehead atoms. The van der Waals surface area contributed by atoms with Crippen LogP contribution in [0.5, 0.6) is 5.75 Å². The Labute approximate surface area is 144 Å². The molecule has 1 amide bonds. The summed E-state index contributed by atoms with van der Waals surface area (Å²) in [5.74, 6) is 0.394. The molecule has 0 fully saturated rings. The third-order valence-electron chi connectivity index (χ3n) is 4.01. The molecule has 3 rings (SSSR count). The van der Waals surface area contributed by atoms with Crippen LogP contribution < -0.4 is 10.5 Å². The van der Waals surface area contributed by atoms with Crippen LogP contribution in [0, 0.1) is 13.8 Å². The van der Waals surface area contributed by atoms with Crippen molar-refractivity contribution in [2.75, 3.05) is 7.11 Å². The van der Waals surface area contributed by atoms with Crippen LogP contribution in [-0.4, -0.2) is 22.6 Å². The van der Waals surface area contributed by atoms with Crippen LogP contribution in [0.3, 0.4) is 0 Å². The highest BCUT2D eigenvalue weighted by atomic mass is 32.1. The van der Waals surface area contributed by atoms with Gasteiger partial charge in [0.05, 0.1) is 29.1 Å². The lowest BCUT2D eigenvalue weighted by Gasteiger charge is -2.11. The quantitative estimate of drug-likeness (QED) is 0.773. The van der Waals surface area contributed by atoms with E-state index < -0.39 is 5.91 Å². The standard InChI is InChI=1S/C18H19N3O2S/c1-11-15(18(19)22)8-17(16-10-24-12(2)20-16)21(11)9-13-4-6-14(23-3)7-5-13/h4-8,10H,9H2,1-3H3,(H2,19,22). The number of thiazole rings is 1. The lowest BCUT2D eigenvalue weighted by Crippen LogP contribution is -2.12. The summed E-state index contributed by atoms with van der Waals surface area (Å²) in [5.41, 5.74) is 9.78. The summed E-state index contributed by atoms with van der Waals surface area (Å²) in [7, 11) is 1.65. The molecule has 5 nitrogen and oxygen atoms in total. The number of nitrogens with two attached hydrogens (primary N) is 1. The minimum atomic E-state index is -0.422. The zero-order chi connectivity index (χ0) is 17.3. The van der Waals surface area contributed by atoms with E-state index in [1.165, 1.54) is 0 Å². The Morgan fingerprint density at radius 1 is 1.29 bits per heavy atom. The molecule has 1 aromatic carbocycles. The zero-order valence-corrected chi connectivity index (χ0v) is 14.7. The van der Waals surface area contributed by atoms with Gasteiger partial charge in [0.2, 0.25) is 0 Å². The van der Waals surface area contributed by atoms with E-state index in [4.69, 9.17) is 10.5 Å². The van der Waals surface area contributed by atoms with Crippen LogP contribution in [0.2, 0.25) is 0 Å². The lowest BCUT2D eigenvalue weighted by molar-refractivity contribution is 0.0999. The van der Waals surface area contributed by atoms with Crippen LogP contribution in [-0.2, 0) is 6.54 Å². The van der Waals surface area contributed by atoms with E-state index in [-0.39, 0.29) is 0 Å². The molecule has 0 saturated carbocycles. The van der Waals surface area contributed by atoms with Gasteiger partial charge in [0.1, 0.15) is 5.75 Å². The number of nitrogens with zero attached hydrogens (tertiary/aromatic N) is 2. The maximum atomic E-state index is 11.7. The number of primary amides is 1. The first kappa shape index (κ1) is 16.3. The molecule has 0 spiro atoms. The van der Waals surface area contributed by atoms with Crippen LogP contribution in [0.1, 0.15) is 26.6 Å². The molecule has 0 aliphatic rings. The van der Waals surface area contributed by atoms with Gasteiger partial charge in [-0.25, -0.2) is 4.98 Å². The molecule has 2 N–H and O–H groups in total. The van der Waals surface area contributed by atoms with E-state index in [0.717, 1.165) is 33.4 Å². The van der Waals surface area contributed by atoms with Crippen molar-refractivity contribution in [3.8, 4) is 17.1 Å². The molecule has 124 valence electrons. The van der Waals surface area contributed by atoms with Crippen molar-refractivity contribution in [2.24, 2.45) is 5.73 Å². The molecule has 0 aliphatic heterocycles. The third kappa shape index (κ3) is 3.05. The van der Waals surface area contributed by atoms with E-state index in [1.54, 1.807) is 18.4 Å². The molecule has 24 heavy (non-hydrogen) atoms. The molecule has 0 radical (unpaired) electrons. The van der Waals surface area contributed by atoms with Gasteiger partial charge in [0, 0.05) is 17.6 Å². The van der Waals surface area contributed by atoms with Gasteiger partial charge >= 0.3 is 0 Å². The molecular weight excluding hydrogens is 322 g/mol. The first-order chi connectivity index (χ1) is 11.5. The highest BCUT2D eigenvalue weighted by molar-refractivity contribution is 7.09. The van der Waals surface area contributed by atoms with E-state index in [1.807, 2.05) is 49.6 Å². The average Bonchev–Trinajstić information content (AvgIpc) is 3.13. The van der Waals surface area contributed by atoms with Crippen molar-refractivity contribution < 1.29 is 9.53 Å². The minimum Gasteiger partial charge on any atom is -0.497 e. The zero-order valence-electron chi connectivity index (χ0n) is 13.9. The van der Waals surface area contributed by atoms with Crippen LogP contribution in [0.4, 0.5) is 0 Å². The summed E-state index contributed by atoms with van der Waals surface area (Å²) in [6.07, 6.45) is 0. The highest BCUT2D eigenvalue weighted by Gasteiger charge is 2.18. The number of carbonyl (C=O) groups excluding carboxylic acids is 1. The van der Waals surface area contributed by atoms with Crippen molar-refractivity contribution in [3.05, 3.63) is 57.5 Å². The van der Waals surface area contributed by atoms with Crippen molar-refractivity contribution in [2.45, 2.75) is 20.4 Å². The summed E-state index contributed by atoms with van der Waals surface area (Å²) in [4.78, 5) is 16.3. The number of hydrogen-bond acceptors (Lipinski definition) is 4. The summed E-state index contributed by atoms with van der Waals surface area (Å²) in [6.45, 7) is 4.51. The number of ether oxygens (including phenoxy) is 1. The number of amides is 1. The predicted octanol–water partition coefficient (Wildman–Crippen LogP) is 3.38. The maximum Gasteiger partial charge on any atom is 0.250 e. The van der Waals surface area contributed by atoms with Gasteiger partial charge in [0.15, 0.2) is 0 Å². The fourth-order valence-electron chi connectivity index (χ4n) is 2.71. The third-order valence-corrected chi connectivity index (χ3v) is 4.79. The van der Waals surface area contributed by atoms with Crippen molar-refractivity contribution in [1.82, 2.24) is 9.55 Å². The van der Waals surface area contributed by atoms with E-state index in [2.05, 4.69) is 9.55 Å². The second-order valence-corrected chi connectivity index (χ2v) is 6.64. The number of rotatable bonds is 5. The molecule has 2 heterocycles. The number of hydrogen-bond donors (Lipinski definition) is 1. The van der Waals surface area contributed by atoms with Crippen molar-refractivity contribution >= 4 is 17.2 Å². The van der Waals surface area contributed by atoms with Gasteiger partial charge in [-0.1, -0.05) is 12.1 Å². The Morgan fingerprint density at radius 2 is 2.00 bits per heavy atom.